The van der Waals surface area contributed by atoms with Gasteiger partial charge in [0.1, 0.15) is 5.54 Å². The van der Waals surface area contributed by atoms with E-state index in [1.165, 1.54) is 16.9 Å². The molecule has 1 heterocycles. The quantitative estimate of drug-likeness (QED) is 0.871. The van der Waals surface area contributed by atoms with Gasteiger partial charge in [0.15, 0.2) is 0 Å². The number of rotatable bonds is 2. The fourth-order valence-electron chi connectivity index (χ4n) is 2.71. The van der Waals surface area contributed by atoms with Gasteiger partial charge in [-0.3, -0.25) is 5.01 Å². The normalized spacial score (nSPS) is 22.0. The van der Waals surface area contributed by atoms with Crippen molar-refractivity contribution in [2.75, 3.05) is 5.01 Å². The van der Waals surface area contributed by atoms with Crippen LogP contribution in [0, 0.1) is 0 Å². The van der Waals surface area contributed by atoms with E-state index in [1.807, 2.05) is 6.07 Å². The lowest BCUT2D eigenvalue weighted by Gasteiger charge is -2.36. The zero-order valence-electron chi connectivity index (χ0n) is 11.3. The second-order valence-corrected chi connectivity index (χ2v) is 5.12. The highest BCUT2D eigenvalue weighted by atomic mass is 15.6. The summed E-state index contributed by atoms with van der Waals surface area (Å²) >= 11 is 0. The van der Waals surface area contributed by atoms with Crippen LogP contribution >= 0.6 is 0 Å². The van der Waals surface area contributed by atoms with Crippen molar-refractivity contribution in [1.82, 2.24) is 5.43 Å². The van der Waals surface area contributed by atoms with Crippen molar-refractivity contribution < 1.29 is 0 Å². The first-order chi connectivity index (χ1) is 9.20. The van der Waals surface area contributed by atoms with Gasteiger partial charge in [0.05, 0.1) is 5.69 Å². The molecule has 1 atom stereocenters. The molecular formula is C17H18N2. The van der Waals surface area contributed by atoms with Gasteiger partial charge in [-0.05, 0) is 37.6 Å². The van der Waals surface area contributed by atoms with Gasteiger partial charge < -0.3 is 5.43 Å². The maximum Gasteiger partial charge on any atom is 0.103 e. The number of para-hydroxylation sites is 1. The molecule has 0 radical (unpaired) electrons. The number of hydrazine groups is 1. The number of allylic oxidation sites excluding steroid dienone is 1. The van der Waals surface area contributed by atoms with Crippen LogP contribution in [0.5, 0.6) is 0 Å². The minimum Gasteiger partial charge on any atom is -0.302 e. The molecule has 0 saturated carbocycles. The average molecular weight is 250 g/mol. The Balaban J connectivity index is 2.07. The van der Waals surface area contributed by atoms with Crippen LogP contribution < -0.4 is 10.4 Å². The van der Waals surface area contributed by atoms with Gasteiger partial charge in [0, 0.05) is 5.70 Å². The van der Waals surface area contributed by atoms with Crippen molar-refractivity contribution >= 4 is 5.69 Å². The van der Waals surface area contributed by atoms with E-state index in [1.54, 1.807) is 0 Å². The lowest BCUT2D eigenvalue weighted by atomic mass is 9.91. The summed E-state index contributed by atoms with van der Waals surface area (Å²) in [6, 6.07) is 21.0. The minimum atomic E-state index is -0.160. The molecule has 3 rings (SSSR count). The topological polar surface area (TPSA) is 15.3 Å². The van der Waals surface area contributed by atoms with E-state index in [2.05, 4.69) is 85.0 Å². The Morgan fingerprint density at radius 3 is 2.11 bits per heavy atom. The second-order valence-electron chi connectivity index (χ2n) is 5.12. The molecule has 1 aliphatic rings. The molecule has 0 amide bonds. The van der Waals surface area contributed by atoms with Crippen LogP contribution in [-0.2, 0) is 5.54 Å². The smallest absolute Gasteiger partial charge is 0.103 e. The third-order valence-electron chi connectivity index (χ3n) is 3.62. The number of hydrogen-bond acceptors (Lipinski definition) is 2. The summed E-state index contributed by atoms with van der Waals surface area (Å²) in [6.07, 6.45) is 2.27. The van der Waals surface area contributed by atoms with Crippen LogP contribution in [0.4, 0.5) is 5.69 Å². The Hall–Kier alpha value is -2.22. The molecule has 2 aromatic rings. The Morgan fingerprint density at radius 1 is 0.895 bits per heavy atom. The van der Waals surface area contributed by atoms with E-state index >= 15 is 0 Å². The van der Waals surface area contributed by atoms with Crippen LogP contribution in [0.25, 0.3) is 0 Å². The van der Waals surface area contributed by atoms with Crippen LogP contribution in [0.3, 0.4) is 0 Å². The van der Waals surface area contributed by atoms with Crippen molar-refractivity contribution in [3.63, 3.8) is 0 Å². The van der Waals surface area contributed by atoms with E-state index in [4.69, 9.17) is 0 Å². The molecule has 0 saturated heterocycles. The predicted molar refractivity (Wildman–Crippen MR) is 79.6 cm³/mol. The highest BCUT2D eigenvalue weighted by Crippen LogP contribution is 2.37. The van der Waals surface area contributed by atoms with Crippen molar-refractivity contribution in [3.8, 4) is 0 Å². The fourth-order valence-corrected chi connectivity index (χ4v) is 2.71. The molecule has 2 nitrogen and oxygen atoms in total. The third kappa shape index (κ3) is 1.99. The van der Waals surface area contributed by atoms with Gasteiger partial charge >= 0.3 is 0 Å². The van der Waals surface area contributed by atoms with Gasteiger partial charge in [-0.25, -0.2) is 0 Å². The van der Waals surface area contributed by atoms with E-state index in [9.17, 15) is 0 Å². The molecule has 2 aromatic carbocycles. The van der Waals surface area contributed by atoms with Gasteiger partial charge in [-0.1, -0.05) is 48.5 Å². The summed E-state index contributed by atoms with van der Waals surface area (Å²) in [6.45, 7) is 4.34. The molecule has 19 heavy (non-hydrogen) atoms. The molecule has 0 fully saturated rings. The second kappa shape index (κ2) is 4.47. The van der Waals surface area contributed by atoms with Crippen molar-refractivity contribution in [1.29, 1.82) is 0 Å². The first-order valence-corrected chi connectivity index (χ1v) is 6.57. The SMILES string of the molecule is CC1=CC(C)(c2ccccc2)N(c2ccccc2)N1. The summed E-state index contributed by atoms with van der Waals surface area (Å²) in [7, 11) is 0. The standard InChI is InChI=1S/C17H18N2/c1-14-13-17(2,15-9-5-3-6-10-15)19(18-14)16-11-7-4-8-12-16/h3-13,18H,1-2H3. The molecule has 2 heteroatoms. The van der Waals surface area contributed by atoms with Crippen molar-refractivity contribution in [2.24, 2.45) is 0 Å². The molecule has 0 spiro atoms. The molecular weight excluding hydrogens is 232 g/mol. The Labute approximate surface area is 114 Å². The number of nitrogens with zero attached hydrogens (tertiary/aromatic N) is 1. The highest BCUT2D eigenvalue weighted by Gasteiger charge is 2.36. The molecule has 1 unspecified atom stereocenters. The summed E-state index contributed by atoms with van der Waals surface area (Å²) in [5.41, 5.74) is 6.92. The molecule has 0 aliphatic carbocycles. The largest absolute Gasteiger partial charge is 0.302 e. The number of anilines is 1. The van der Waals surface area contributed by atoms with Crippen molar-refractivity contribution in [3.05, 3.63) is 78.0 Å². The summed E-state index contributed by atoms with van der Waals surface area (Å²) in [5, 5.41) is 2.22. The summed E-state index contributed by atoms with van der Waals surface area (Å²) in [5.74, 6) is 0. The molecule has 0 bridgehead atoms. The zero-order chi connectivity index (χ0) is 13.3. The summed E-state index contributed by atoms with van der Waals surface area (Å²) < 4.78 is 0. The van der Waals surface area contributed by atoms with E-state index in [0.717, 1.165) is 0 Å². The molecule has 0 aromatic heterocycles. The van der Waals surface area contributed by atoms with Gasteiger partial charge in [0.25, 0.3) is 0 Å². The van der Waals surface area contributed by atoms with E-state index in [0.29, 0.717) is 0 Å². The Bertz CT molecular complexity index is 589. The molecule has 1 aliphatic heterocycles. The van der Waals surface area contributed by atoms with E-state index in [-0.39, 0.29) is 5.54 Å². The zero-order valence-corrected chi connectivity index (χ0v) is 11.3. The maximum atomic E-state index is 3.45. The number of hydrogen-bond donors (Lipinski definition) is 1. The van der Waals surface area contributed by atoms with Crippen LogP contribution in [-0.4, -0.2) is 0 Å². The Morgan fingerprint density at radius 2 is 1.47 bits per heavy atom. The maximum absolute atomic E-state index is 3.45. The van der Waals surface area contributed by atoms with Gasteiger partial charge in [-0.2, -0.15) is 0 Å². The highest BCUT2D eigenvalue weighted by molar-refractivity contribution is 5.55. The Kier molecular flexibility index (Phi) is 2.79. The first-order valence-electron chi connectivity index (χ1n) is 6.57. The summed E-state index contributed by atoms with van der Waals surface area (Å²) in [4.78, 5) is 0. The molecule has 1 N–H and O–H groups in total. The van der Waals surface area contributed by atoms with Crippen LogP contribution in [0.1, 0.15) is 19.4 Å². The monoisotopic (exact) mass is 250 g/mol. The minimum absolute atomic E-state index is 0.160. The van der Waals surface area contributed by atoms with E-state index < -0.39 is 0 Å². The van der Waals surface area contributed by atoms with Gasteiger partial charge in [-0.15, -0.1) is 0 Å². The number of nitrogens with one attached hydrogen (secondary N) is 1. The van der Waals surface area contributed by atoms with Crippen LogP contribution in [0.2, 0.25) is 0 Å². The first kappa shape index (κ1) is 11.8. The molecule has 96 valence electrons. The van der Waals surface area contributed by atoms with Crippen LogP contribution in [0.15, 0.2) is 72.4 Å². The lowest BCUT2D eigenvalue weighted by Crippen LogP contribution is -2.45. The fraction of sp³-hybridized carbons (Fsp3) is 0.176. The van der Waals surface area contributed by atoms with Gasteiger partial charge in [0.2, 0.25) is 0 Å². The lowest BCUT2D eigenvalue weighted by molar-refractivity contribution is 0.540. The number of benzene rings is 2. The van der Waals surface area contributed by atoms with Crippen molar-refractivity contribution in [2.45, 2.75) is 19.4 Å². The predicted octanol–water partition coefficient (Wildman–Crippen LogP) is 3.83. The third-order valence-corrected chi connectivity index (χ3v) is 3.62. The average Bonchev–Trinajstić information content (AvgIpc) is 2.77.